The summed E-state index contributed by atoms with van der Waals surface area (Å²) in [6.45, 7) is 3.63. The lowest BCUT2D eigenvalue weighted by Crippen LogP contribution is -2.20. The molecule has 1 heterocycles. The molecular weight excluding hydrogens is 318 g/mol. The molecule has 1 amide bonds. The number of Topliss-reactive ketones (excluding diaryl/α,β-unsaturated/α-hetero) is 1. The number of carbonyl (C=O) groups excluding carboxylic acids is 2. The standard InChI is InChI=1S/C19H23N3O3/c1-12(14-4-5-14)22-18(8-9-20-22)21-19(24)11-16-10-15(13(2)23)6-7-17(16)25-3/h6-10,12,14H,4-5,11H2,1-3H3,(H,21,24). The fraction of sp³-hybridized carbons (Fsp3) is 0.421. The minimum atomic E-state index is -0.163. The predicted octanol–water partition coefficient (Wildman–Crippen LogP) is 3.25. The van der Waals surface area contributed by atoms with Crippen LogP contribution in [0.25, 0.3) is 0 Å². The number of aromatic nitrogens is 2. The molecule has 0 bridgehead atoms. The van der Waals surface area contributed by atoms with Gasteiger partial charge in [-0.1, -0.05) is 0 Å². The average molecular weight is 341 g/mol. The number of nitrogens with zero attached hydrogens (tertiary/aromatic N) is 2. The number of nitrogens with one attached hydrogen (secondary N) is 1. The van der Waals surface area contributed by atoms with Crippen LogP contribution in [0.15, 0.2) is 30.5 Å². The van der Waals surface area contributed by atoms with E-state index in [9.17, 15) is 9.59 Å². The van der Waals surface area contributed by atoms with E-state index < -0.39 is 0 Å². The van der Waals surface area contributed by atoms with Crippen molar-refractivity contribution in [1.82, 2.24) is 9.78 Å². The van der Waals surface area contributed by atoms with Crippen molar-refractivity contribution in [1.29, 1.82) is 0 Å². The van der Waals surface area contributed by atoms with E-state index in [0.717, 1.165) is 0 Å². The van der Waals surface area contributed by atoms with Gasteiger partial charge in [-0.3, -0.25) is 9.59 Å². The van der Waals surface area contributed by atoms with Gasteiger partial charge in [-0.05, 0) is 50.8 Å². The molecule has 0 aliphatic heterocycles. The van der Waals surface area contributed by atoms with Crippen LogP contribution in [-0.2, 0) is 11.2 Å². The van der Waals surface area contributed by atoms with Crippen LogP contribution < -0.4 is 10.1 Å². The molecule has 1 aromatic heterocycles. The van der Waals surface area contributed by atoms with Gasteiger partial charge in [0.15, 0.2) is 5.78 Å². The molecule has 25 heavy (non-hydrogen) atoms. The molecule has 2 aromatic rings. The molecule has 1 unspecified atom stereocenters. The molecule has 1 aromatic carbocycles. The first-order chi connectivity index (χ1) is 12.0. The van der Waals surface area contributed by atoms with Crippen LogP contribution in [0.2, 0.25) is 0 Å². The van der Waals surface area contributed by atoms with Crippen LogP contribution in [0, 0.1) is 5.92 Å². The number of anilines is 1. The lowest BCUT2D eigenvalue weighted by atomic mass is 10.0. The molecule has 0 radical (unpaired) electrons. The number of ketones is 1. The lowest BCUT2D eigenvalue weighted by Gasteiger charge is -2.16. The number of amides is 1. The number of benzene rings is 1. The summed E-state index contributed by atoms with van der Waals surface area (Å²) in [4.78, 5) is 24.1. The molecule has 132 valence electrons. The van der Waals surface area contributed by atoms with Crippen molar-refractivity contribution in [2.45, 2.75) is 39.2 Å². The molecule has 0 spiro atoms. The molecule has 1 fully saturated rings. The third-order valence-electron chi connectivity index (χ3n) is 4.67. The number of methoxy groups -OCH3 is 1. The largest absolute Gasteiger partial charge is 0.496 e. The summed E-state index contributed by atoms with van der Waals surface area (Å²) in [5.74, 6) is 1.73. The summed E-state index contributed by atoms with van der Waals surface area (Å²) in [5.41, 5.74) is 1.25. The van der Waals surface area contributed by atoms with Gasteiger partial charge in [0.2, 0.25) is 5.91 Å². The van der Waals surface area contributed by atoms with E-state index >= 15 is 0 Å². The topological polar surface area (TPSA) is 73.2 Å². The first-order valence-electron chi connectivity index (χ1n) is 8.50. The Kier molecular flexibility index (Phi) is 4.88. The highest BCUT2D eigenvalue weighted by Crippen LogP contribution is 2.40. The minimum Gasteiger partial charge on any atom is -0.496 e. The summed E-state index contributed by atoms with van der Waals surface area (Å²) in [6, 6.07) is 7.22. The van der Waals surface area contributed by atoms with Crippen molar-refractivity contribution in [2.24, 2.45) is 5.92 Å². The molecule has 1 aliphatic carbocycles. The number of rotatable bonds is 7. The van der Waals surface area contributed by atoms with Crippen molar-refractivity contribution >= 4 is 17.5 Å². The van der Waals surface area contributed by atoms with Crippen molar-refractivity contribution in [3.8, 4) is 5.75 Å². The average Bonchev–Trinajstić information content (AvgIpc) is 3.34. The van der Waals surface area contributed by atoms with E-state index in [0.29, 0.717) is 28.6 Å². The molecule has 6 heteroatoms. The fourth-order valence-corrected chi connectivity index (χ4v) is 3.01. The zero-order valence-corrected chi connectivity index (χ0v) is 14.8. The Hall–Kier alpha value is -2.63. The maximum Gasteiger partial charge on any atom is 0.230 e. The second-order valence-electron chi connectivity index (χ2n) is 6.55. The maximum atomic E-state index is 12.5. The van der Waals surface area contributed by atoms with Gasteiger partial charge < -0.3 is 10.1 Å². The molecule has 1 N–H and O–H groups in total. The Morgan fingerprint density at radius 2 is 2.12 bits per heavy atom. The van der Waals surface area contributed by atoms with Gasteiger partial charge in [-0.15, -0.1) is 0 Å². The van der Waals surface area contributed by atoms with Gasteiger partial charge >= 0.3 is 0 Å². The second-order valence-corrected chi connectivity index (χ2v) is 6.55. The lowest BCUT2D eigenvalue weighted by molar-refractivity contribution is -0.115. The summed E-state index contributed by atoms with van der Waals surface area (Å²) in [6.07, 6.45) is 4.26. The van der Waals surface area contributed by atoms with Gasteiger partial charge in [-0.2, -0.15) is 5.10 Å². The third-order valence-corrected chi connectivity index (χ3v) is 4.67. The smallest absolute Gasteiger partial charge is 0.230 e. The third kappa shape index (κ3) is 3.90. The second kappa shape index (κ2) is 7.09. The number of carbonyl (C=O) groups is 2. The van der Waals surface area contributed by atoms with Crippen molar-refractivity contribution in [2.75, 3.05) is 12.4 Å². The zero-order chi connectivity index (χ0) is 18.0. The Balaban J connectivity index is 1.74. The van der Waals surface area contributed by atoms with E-state index in [1.807, 2.05) is 4.68 Å². The van der Waals surface area contributed by atoms with Crippen LogP contribution in [0.4, 0.5) is 5.82 Å². The number of hydrogen-bond donors (Lipinski definition) is 1. The van der Waals surface area contributed by atoms with Gasteiger partial charge in [0.25, 0.3) is 0 Å². The van der Waals surface area contributed by atoms with Crippen LogP contribution in [0.5, 0.6) is 5.75 Å². The van der Waals surface area contributed by atoms with Crippen LogP contribution >= 0.6 is 0 Å². The van der Waals surface area contributed by atoms with Crippen LogP contribution in [-0.4, -0.2) is 28.6 Å². The normalized spacial score (nSPS) is 14.8. The van der Waals surface area contributed by atoms with Crippen molar-refractivity contribution in [3.05, 3.63) is 41.6 Å². The van der Waals surface area contributed by atoms with Crippen molar-refractivity contribution in [3.63, 3.8) is 0 Å². The van der Waals surface area contributed by atoms with Crippen LogP contribution in [0.3, 0.4) is 0 Å². The summed E-state index contributed by atoms with van der Waals surface area (Å²) in [5, 5.41) is 7.26. The highest BCUT2D eigenvalue weighted by Gasteiger charge is 2.30. The van der Waals surface area contributed by atoms with Gasteiger partial charge in [-0.25, -0.2) is 4.68 Å². The Morgan fingerprint density at radius 3 is 2.76 bits per heavy atom. The van der Waals surface area contributed by atoms with E-state index in [2.05, 4.69) is 17.3 Å². The molecule has 1 aliphatic rings. The van der Waals surface area contributed by atoms with E-state index in [1.165, 1.54) is 19.8 Å². The van der Waals surface area contributed by atoms with Crippen LogP contribution in [0.1, 0.15) is 48.7 Å². The quantitative estimate of drug-likeness (QED) is 0.785. The molecule has 1 atom stereocenters. The number of ether oxygens (including phenoxy) is 1. The van der Waals surface area contributed by atoms with Gasteiger partial charge in [0, 0.05) is 17.2 Å². The van der Waals surface area contributed by atoms with E-state index in [-0.39, 0.29) is 24.2 Å². The van der Waals surface area contributed by atoms with Gasteiger partial charge in [0.05, 0.1) is 25.8 Å². The minimum absolute atomic E-state index is 0.0411. The highest BCUT2D eigenvalue weighted by molar-refractivity contribution is 5.96. The Bertz CT molecular complexity index is 793. The first-order valence-corrected chi connectivity index (χ1v) is 8.50. The molecule has 6 nitrogen and oxygen atoms in total. The fourth-order valence-electron chi connectivity index (χ4n) is 3.01. The SMILES string of the molecule is COc1ccc(C(C)=O)cc1CC(=O)Nc1ccnn1C(C)C1CC1. The van der Waals surface area contributed by atoms with Crippen molar-refractivity contribution < 1.29 is 14.3 Å². The predicted molar refractivity (Wildman–Crippen MR) is 95.0 cm³/mol. The molecular formula is C19H23N3O3. The summed E-state index contributed by atoms with van der Waals surface area (Å²) >= 11 is 0. The Labute approximate surface area is 147 Å². The highest BCUT2D eigenvalue weighted by atomic mass is 16.5. The summed E-state index contributed by atoms with van der Waals surface area (Å²) < 4.78 is 7.18. The molecule has 1 saturated carbocycles. The monoisotopic (exact) mass is 341 g/mol. The van der Waals surface area contributed by atoms with E-state index in [1.54, 1.807) is 37.6 Å². The Morgan fingerprint density at radius 1 is 1.36 bits per heavy atom. The van der Waals surface area contributed by atoms with E-state index in [4.69, 9.17) is 4.74 Å². The first kappa shape index (κ1) is 17.2. The molecule has 3 rings (SSSR count). The molecule has 0 saturated heterocycles. The van der Waals surface area contributed by atoms with Gasteiger partial charge in [0.1, 0.15) is 11.6 Å². The zero-order valence-electron chi connectivity index (χ0n) is 14.8. The number of hydrogen-bond acceptors (Lipinski definition) is 4. The maximum absolute atomic E-state index is 12.5. The summed E-state index contributed by atoms with van der Waals surface area (Å²) in [7, 11) is 1.55.